The Bertz CT molecular complexity index is 736. The van der Waals surface area contributed by atoms with E-state index in [9.17, 15) is 9.50 Å². The molecule has 1 N–H and O–H groups in total. The fourth-order valence-electron chi connectivity index (χ4n) is 3.14. The number of hydrogen-bond donors (Lipinski definition) is 1. The van der Waals surface area contributed by atoms with Gasteiger partial charge in [-0.3, -0.25) is 4.90 Å². The summed E-state index contributed by atoms with van der Waals surface area (Å²) in [7, 11) is 3.22. The minimum absolute atomic E-state index is 0.267. The number of halogens is 1. The van der Waals surface area contributed by atoms with Crippen LogP contribution in [0.1, 0.15) is 25.0 Å². The molecule has 1 atom stereocenters. The van der Waals surface area contributed by atoms with Gasteiger partial charge in [-0.1, -0.05) is 38.1 Å². The summed E-state index contributed by atoms with van der Waals surface area (Å²) in [5, 5.41) is 10.5. The van der Waals surface area contributed by atoms with Crippen molar-refractivity contribution in [2.24, 2.45) is 5.92 Å². The Labute approximate surface area is 173 Å². The monoisotopic (exact) mass is 405 g/mol. The van der Waals surface area contributed by atoms with E-state index in [1.54, 1.807) is 26.4 Å². The average molecular weight is 406 g/mol. The van der Waals surface area contributed by atoms with Gasteiger partial charge in [0.25, 0.3) is 0 Å². The van der Waals surface area contributed by atoms with Crippen molar-refractivity contribution in [2.75, 3.05) is 34.0 Å². The maximum atomic E-state index is 13.3. The molecular weight excluding hydrogens is 373 g/mol. The molecule has 5 nitrogen and oxygen atoms in total. The minimum atomic E-state index is -0.634. The van der Waals surface area contributed by atoms with Crippen molar-refractivity contribution in [1.82, 2.24) is 4.90 Å². The average Bonchev–Trinajstić information content (AvgIpc) is 2.69. The summed E-state index contributed by atoms with van der Waals surface area (Å²) >= 11 is 0. The molecule has 0 aliphatic heterocycles. The van der Waals surface area contributed by atoms with Gasteiger partial charge in [-0.05, 0) is 29.7 Å². The molecule has 0 aromatic heterocycles. The Morgan fingerprint density at radius 2 is 1.69 bits per heavy atom. The lowest BCUT2D eigenvalue weighted by molar-refractivity contribution is 0.00543. The molecule has 0 spiro atoms. The van der Waals surface area contributed by atoms with Crippen molar-refractivity contribution in [3.63, 3.8) is 0 Å². The highest BCUT2D eigenvalue weighted by atomic mass is 19.1. The maximum absolute atomic E-state index is 13.3. The van der Waals surface area contributed by atoms with Crippen molar-refractivity contribution in [3.8, 4) is 11.5 Å². The smallest absolute Gasteiger partial charge is 0.165 e. The molecule has 29 heavy (non-hydrogen) atoms. The Morgan fingerprint density at radius 1 is 0.966 bits per heavy atom. The molecule has 0 amide bonds. The lowest BCUT2D eigenvalue weighted by Gasteiger charge is -2.26. The van der Waals surface area contributed by atoms with E-state index >= 15 is 0 Å². The SMILES string of the molecule is COc1cccc(CN(Cc2ccc(F)cc2)C[C@@H](O)COCC(C)C)c1OC. The summed E-state index contributed by atoms with van der Waals surface area (Å²) in [5.74, 6) is 1.48. The first kappa shape index (κ1) is 23.1. The fourth-order valence-corrected chi connectivity index (χ4v) is 3.14. The number of hydrogen-bond acceptors (Lipinski definition) is 5. The van der Waals surface area contributed by atoms with Gasteiger partial charge in [0.05, 0.1) is 26.9 Å². The van der Waals surface area contributed by atoms with Crippen LogP contribution in [0.15, 0.2) is 42.5 Å². The fraction of sp³-hybridized carbons (Fsp3) is 0.478. The van der Waals surface area contributed by atoms with Crippen molar-refractivity contribution < 1.29 is 23.7 Å². The minimum Gasteiger partial charge on any atom is -0.493 e. The van der Waals surface area contributed by atoms with Crippen LogP contribution in [0.4, 0.5) is 4.39 Å². The van der Waals surface area contributed by atoms with Gasteiger partial charge in [0.15, 0.2) is 11.5 Å². The maximum Gasteiger partial charge on any atom is 0.165 e. The van der Waals surface area contributed by atoms with Crippen molar-refractivity contribution in [1.29, 1.82) is 0 Å². The first-order valence-electron chi connectivity index (χ1n) is 9.85. The number of para-hydroxylation sites is 1. The van der Waals surface area contributed by atoms with E-state index < -0.39 is 6.10 Å². The van der Waals surface area contributed by atoms with Crippen LogP contribution in [0.2, 0.25) is 0 Å². The second kappa shape index (κ2) is 11.8. The third-order valence-electron chi connectivity index (χ3n) is 4.43. The molecule has 160 valence electrons. The molecule has 0 saturated carbocycles. The summed E-state index contributed by atoms with van der Waals surface area (Å²) in [5.41, 5.74) is 1.91. The summed E-state index contributed by atoms with van der Waals surface area (Å²) in [6, 6.07) is 12.1. The number of benzene rings is 2. The predicted molar refractivity (Wildman–Crippen MR) is 112 cm³/mol. The number of rotatable bonds is 12. The summed E-state index contributed by atoms with van der Waals surface area (Å²) in [4.78, 5) is 2.09. The Balaban J connectivity index is 2.14. The molecule has 0 aliphatic rings. The highest BCUT2D eigenvalue weighted by Gasteiger charge is 2.17. The topological polar surface area (TPSA) is 51.2 Å². The first-order valence-corrected chi connectivity index (χ1v) is 9.85. The van der Waals surface area contributed by atoms with Gasteiger partial charge in [0.2, 0.25) is 0 Å². The molecule has 0 unspecified atom stereocenters. The van der Waals surface area contributed by atoms with Crippen LogP contribution in [-0.4, -0.2) is 50.1 Å². The Kier molecular flexibility index (Phi) is 9.38. The van der Waals surface area contributed by atoms with Crippen LogP contribution in [-0.2, 0) is 17.8 Å². The molecular formula is C23H32FNO4. The van der Waals surface area contributed by atoms with Gasteiger partial charge < -0.3 is 19.3 Å². The second-order valence-corrected chi connectivity index (χ2v) is 7.53. The number of nitrogens with zero attached hydrogens (tertiary/aromatic N) is 1. The molecule has 6 heteroatoms. The number of aliphatic hydroxyl groups excluding tert-OH is 1. The lowest BCUT2D eigenvalue weighted by atomic mass is 10.1. The molecule has 2 aromatic carbocycles. The molecule has 0 saturated heterocycles. The van der Waals surface area contributed by atoms with Crippen molar-refractivity contribution in [2.45, 2.75) is 33.0 Å². The summed E-state index contributed by atoms with van der Waals surface area (Å²) < 4.78 is 29.8. The standard InChI is InChI=1S/C23H32FNO4/c1-17(2)15-29-16-21(26)14-25(12-18-8-10-20(24)11-9-18)13-19-6-5-7-22(27-3)23(19)28-4/h5-11,17,21,26H,12-16H2,1-4H3/t21-/m1/s1. The molecule has 0 radical (unpaired) electrons. The zero-order valence-corrected chi connectivity index (χ0v) is 17.7. The predicted octanol–water partition coefficient (Wildman–Crippen LogP) is 3.88. The van der Waals surface area contributed by atoms with Crippen LogP contribution in [0.3, 0.4) is 0 Å². The van der Waals surface area contributed by atoms with Gasteiger partial charge in [-0.15, -0.1) is 0 Å². The lowest BCUT2D eigenvalue weighted by Crippen LogP contribution is -2.34. The van der Waals surface area contributed by atoms with E-state index in [4.69, 9.17) is 14.2 Å². The van der Waals surface area contributed by atoms with Gasteiger partial charge >= 0.3 is 0 Å². The number of ether oxygens (including phenoxy) is 3. The van der Waals surface area contributed by atoms with Crippen LogP contribution in [0, 0.1) is 11.7 Å². The van der Waals surface area contributed by atoms with Gasteiger partial charge in [-0.25, -0.2) is 4.39 Å². The summed E-state index contributed by atoms with van der Waals surface area (Å²) in [6.07, 6.45) is -0.634. The molecule has 0 heterocycles. The van der Waals surface area contributed by atoms with E-state index in [0.717, 1.165) is 11.1 Å². The number of methoxy groups -OCH3 is 2. The molecule has 0 bridgehead atoms. The number of aliphatic hydroxyl groups is 1. The van der Waals surface area contributed by atoms with Crippen LogP contribution in [0.5, 0.6) is 11.5 Å². The quantitative estimate of drug-likeness (QED) is 0.581. The Hall–Kier alpha value is -2.15. The molecule has 2 rings (SSSR count). The van der Waals surface area contributed by atoms with E-state index in [1.165, 1.54) is 12.1 Å². The van der Waals surface area contributed by atoms with E-state index in [2.05, 4.69) is 18.7 Å². The largest absolute Gasteiger partial charge is 0.493 e. The highest BCUT2D eigenvalue weighted by Crippen LogP contribution is 2.31. The van der Waals surface area contributed by atoms with Crippen LogP contribution < -0.4 is 9.47 Å². The van der Waals surface area contributed by atoms with Crippen LogP contribution >= 0.6 is 0 Å². The van der Waals surface area contributed by atoms with E-state index in [0.29, 0.717) is 43.7 Å². The zero-order chi connectivity index (χ0) is 21.2. The Morgan fingerprint density at radius 3 is 2.31 bits per heavy atom. The van der Waals surface area contributed by atoms with E-state index in [1.807, 2.05) is 18.2 Å². The normalized spacial score (nSPS) is 12.4. The first-order chi connectivity index (χ1) is 13.9. The third-order valence-corrected chi connectivity index (χ3v) is 4.43. The summed E-state index contributed by atoms with van der Waals surface area (Å²) in [6.45, 7) is 6.54. The van der Waals surface area contributed by atoms with E-state index in [-0.39, 0.29) is 12.4 Å². The van der Waals surface area contributed by atoms with Crippen molar-refractivity contribution in [3.05, 3.63) is 59.4 Å². The van der Waals surface area contributed by atoms with Crippen molar-refractivity contribution >= 4 is 0 Å². The molecule has 0 aliphatic carbocycles. The van der Waals surface area contributed by atoms with Gasteiger partial charge in [-0.2, -0.15) is 0 Å². The third kappa shape index (κ3) is 7.65. The second-order valence-electron chi connectivity index (χ2n) is 7.53. The van der Waals surface area contributed by atoms with Crippen LogP contribution in [0.25, 0.3) is 0 Å². The zero-order valence-electron chi connectivity index (χ0n) is 17.7. The highest BCUT2D eigenvalue weighted by molar-refractivity contribution is 5.46. The van der Waals surface area contributed by atoms with Gasteiger partial charge in [0.1, 0.15) is 5.82 Å². The van der Waals surface area contributed by atoms with Gasteiger partial charge in [0, 0.05) is 31.8 Å². The molecule has 0 fully saturated rings. The molecule has 2 aromatic rings.